The van der Waals surface area contributed by atoms with Gasteiger partial charge in [-0.2, -0.15) is 0 Å². The van der Waals surface area contributed by atoms with Gasteiger partial charge in [0.25, 0.3) is 0 Å². The van der Waals surface area contributed by atoms with E-state index < -0.39 is 10.8 Å². The smallest absolute Gasteiger partial charge is 0.120 e. The van der Waals surface area contributed by atoms with E-state index in [0.717, 1.165) is 43.5 Å². The molecule has 1 aliphatic rings. The van der Waals surface area contributed by atoms with Crippen LogP contribution in [0.1, 0.15) is 11.1 Å². The normalized spacial score (nSPS) is 12.3. The van der Waals surface area contributed by atoms with Crippen molar-refractivity contribution in [3.05, 3.63) is 108 Å². The van der Waals surface area contributed by atoms with Gasteiger partial charge in [-0.05, 0) is 47.5 Å². The van der Waals surface area contributed by atoms with E-state index in [1.165, 1.54) is 0 Å². The Labute approximate surface area is 178 Å². The van der Waals surface area contributed by atoms with Crippen LogP contribution in [-0.2, 0) is 24.0 Å². The van der Waals surface area contributed by atoms with E-state index in [1.54, 1.807) is 0 Å². The quantitative estimate of drug-likeness (QED) is 0.344. The fraction of sp³-hybridized carbons (Fsp3) is 0.0769. The molecule has 0 radical (unpaired) electrons. The van der Waals surface area contributed by atoms with E-state index in [9.17, 15) is 4.21 Å². The lowest BCUT2D eigenvalue weighted by Crippen LogP contribution is -1.96. The predicted molar refractivity (Wildman–Crippen MR) is 118 cm³/mol. The first-order valence-corrected chi connectivity index (χ1v) is 11.0. The van der Waals surface area contributed by atoms with E-state index in [4.69, 9.17) is 9.47 Å². The van der Waals surface area contributed by atoms with Crippen molar-refractivity contribution >= 4 is 10.8 Å². The molecule has 1 aliphatic heterocycles. The Morgan fingerprint density at radius 1 is 0.567 bits per heavy atom. The molecule has 0 saturated heterocycles. The molecule has 0 spiro atoms. The van der Waals surface area contributed by atoms with Gasteiger partial charge in [-0.1, -0.05) is 60.7 Å². The maximum atomic E-state index is 12.9. The molecule has 1 heterocycles. The molecular formula is C26H20O3S. The topological polar surface area (TPSA) is 35.5 Å². The molecule has 0 aromatic heterocycles. The van der Waals surface area contributed by atoms with Crippen LogP contribution in [-0.4, -0.2) is 4.21 Å². The fourth-order valence-corrected chi connectivity index (χ4v) is 4.90. The highest BCUT2D eigenvalue weighted by molar-refractivity contribution is 7.85. The van der Waals surface area contributed by atoms with Crippen molar-refractivity contribution in [2.24, 2.45) is 0 Å². The number of ether oxygens (including phenoxy) is 2. The number of hydrogen-bond donors (Lipinski definition) is 0. The Morgan fingerprint density at radius 3 is 1.43 bits per heavy atom. The van der Waals surface area contributed by atoms with Gasteiger partial charge in [0.1, 0.15) is 24.7 Å². The van der Waals surface area contributed by atoms with Crippen LogP contribution in [0.15, 0.2) is 107 Å². The molecule has 0 atom stereocenters. The number of rotatable bonds is 6. The first kappa shape index (κ1) is 18.6. The zero-order chi connectivity index (χ0) is 20.3. The maximum Gasteiger partial charge on any atom is 0.120 e. The van der Waals surface area contributed by atoms with Gasteiger partial charge in [0.15, 0.2) is 0 Å². The summed E-state index contributed by atoms with van der Waals surface area (Å²) in [6.07, 6.45) is 0. The lowest BCUT2D eigenvalue weighted by molar-refractivity contribution is 0.305. The minimum atomic E-state index is -1.18. The van der Waals surface area contributed by atoms with Crippen molar-refractivity contribution in [1.29, 1.82) is 0 Å². The summed E-state index contributed by atoms with van der Waals surface area (Å²) in [5.74, 6) is 1.52. The summed E-state index contributed by atoms with van der Waals surface area (Å²) < 4.78 is 24.8. The zero-order valence-corrected chi connectivity index (χ0v) is 17.1. The van der Waals surface area contributed by atoms with E-state index in [1.807, 2.05) is 97.1 Å². The summed E-state index contributed by atoms with van der Waals surface area (Å²) in [6.45, 7) is 0.992. The SMILES string of the molecule is O=S1c2ccc(OCc3ccccc3)cc2-c2cc(OCc3ccccc3)ccc21. The Morgan fingerprint density at radius 2 is 1.00 bits per heavy atom. The second-order valence-corrected chi connectivity index (χ2v) is 8.55. The molecule has 4 aromatic carbocycles. The molecule has 0 unspecified atom stereocenters. The van der Waals surface area contributed by atoms with Gasteiger partial charge in [-0.3, -0.25) is 0 Å². The van der Waals surface area contributed by atoms with E-state index >= 15 is 0 Å². The van der Waals surface area contributed by atoms with E-state index in [2.05, 4.69) is 0 Å². The van der Waals surface area contributed by atoms with Crippen molar-refractivity contribution < 1.29 is 13.7 Å². The Kier molecular flexibility index (Phi) is 5.08. The molecule has 0 saturated carbocycles. The van der Waals surface area contributed by atoms with E-state index in [-0.39, 0.29) is 0 Å². The second kappa shape index (κ2) is 8.17. The summed E-state index contributed by atoms with van der Waals surface area (Å²) in [6, 6.07) is 31.6. The van der Waals surface area contributed by atoms with Gasteiger partial charge in [-0.25, -0.2) is 4.21 Å². The molecule has 3 nitrogen and oxygen atoms in total. The molecule has 148 valence electrons. The van der Waals surface area contributed by atoms with Crippen LogP contribution in [0.3, 0.4) is 0 Å². The molecule has 0 N–H and O–H groups in total. The van der Waals surface area contributed by atoms with Crippen LogP contribution in [0, 0.1) is 0 Å². The molecule has 4 heteroatoms. The molecule has 0 bridgehead atoms. The standard InChI is InChI=1S/C26H20O3S/c27-30-25-13-11-21(28-17-19-7-3-1-4-8-19)15-23(25)24-16-22(12-14-26(24)30)29-18-20-9-5-2-6-10-20/h1-16H,17-18H2. The minimum Gasteiger partial charge on any atom is -0.489 e. The Hall–Kier alpha value is -3.37. The van der Waals surface area contributed by atoms with Gasteiger partial charge in [0, 0.05) is 11.1 Å². The van der Waals surface area contributed by atoms with Crippen LogP contribution in [0.25, 0.3) is 11.1 Å². The number of hydrogen-bond acceptors (Lipinski definition) is 3. The lowest BCUT2D eigenvalue weighted by Gasteiger charge is -2.09. The Bertz CT molecular complexity index is 1110. The zero-order valence-electron chi connectivity index (χ0n) is 16.3. The van der Waals surface area contributed by atoms with Gasteiger partial charge in [0.2, 0.25) is 0 Å². The summed E-state index contributed by atoms with van der Waals surface area (Å²) >= 11 is 0. The average Bonchev–Trinajstić information content (AvgIpc) is 3.09. The summed E-state index contributed by atoms with van der Waals surface area (Å²) in [5.41, 5.74) is 4.11. The van der Waals surface area contributed by atoms with Crippen LogP contribution >= 0.6 is 0 Å². The fourth-order valence-electron chi connectivity index (χ4n) is 3.54. The minimum absolute atomic E-state index is 0.496. The molecule has 0 fully saturated rings. The van der Waals surface area contributed by atoms with Crippen molar-refractivity contribution in [2.45, 2.75) is 23.0 Å². The highest BCUT2D eigenvalue weighted by Gasteiger charge is 2.26. The van der Waals surface area contributed by atoms with Crippen LogP contribution in [0.5, 0.6) is 11.5 Å². The maximum absolute atomic E-state index is 12.9. The molecule has 4 aromatic rings. The third-order valence-electron chi connectivity index (χ3n) is 5.09. The predicted octanol–water partition coefficient (Wildman–Crippen LogP) is 5.99. The highest BCUT2D eigenvalue weighted by atomic mass is 32.2. The van der Waals surface area contributed by atoms with Crippen LogP contribution in [0.2, 0.25) is 0 Å². The molecule has 30 heavy (non-hydrogen) atoms. The molecule has 5 rings (SSSR count). The van der Waals surface area contributed by atoms with Crippen molar-refractivity contribution in [3.8, 4) is 22.6 Å². The average molecular weight is 413 g/mol. The van der Waals surface area contributed by atoms with Gasteiger partial charge in [0.05, 0.1) is 20.6 Å². The first-order chi connectivity index (χ1) is 14.8. The molecular weight excluding hydrogens is 392 g/mol. The van der Waals surface area contributed by atoms with Crippen molar-refractivity contribution in [3.63, 3.8) is 0 Å². The Balaban J connectivity index is 1.39. The molecule has 0 amide bonds. The number of benzene rings is 4. The van der Waals surface area contributed by atoms with Gasteiger partial charge in [-0.15, -0.1) is 0 Å². The largest absolute Gasteiger partial charge is 0.489 e. The highest BCUT2D eigenvalue weighted by Crippen LogP contribution is 2.43. The van der Waals surface area contributed by atoms with Crippen LogP contribution < -0.4 is 9.47 Å². The molecule has 0 aliphatic carbocycles. The third kappa shape index (κ3) is 3.74. The summed E-state index contributed by atoms with van der Waals surface area (Å²) in [7, 11) is -1.18. The monoisotopic (exact) mass is 412 g/mol. The van der Waals surface area contributed by atoms with Crippen LogP contribution in [0.4, 0.5) is 0 Å². The van der Waals surface area contributed by atoms with Crippen molar-refractivity contribution in [2.75, 3.05) is 0 Å². The van der Waals surface area contributed by atoms with Crippen molar-refractivity contribution in [1.82, 2.24) is 0 Å². The summed E-state index contributed by atoms with van der Waals surface area (Å²) in [5, 5.41) is 0. The lowest BCUT2D eigenvalue weighted by atomic mass is 10.1. The van der Waals surface area contributed by atoms with Gasteiger partial charge < -0.3 is 9.47 Å². The van der Waals surface area contributed by atoms with E-state index in [0.29, 0.717) is 13.2 Å². The van der Waals surface area contributed by atoms with Gasteiger partial charge >= 0.3 is 0 Å². The second-order valence-electron chi connectivity index (χ2n) is 7.13. The summed E-state index contributed by atoms with van der Waals surface area (Å²) in [4.78, 5) is 1.63. The number of fused-ring (bicyclic) bond motifs is 3. The first-order valence-electron chi connectivity index (χ1n) is 9.82. The third-order valence-corrected chi connectivity index (χ3v) is 6.60.